The summed E-state index contributed by atoms with van der Waals surface area (Å²) in [6.07, 6.45) is 0.804. The van der Waals surface area contributed by atoms with Crippen molar-refractivity contribution in [1.29, 1.82) is 0 Å². The van der Waals surface area contributed by atoms with Crippen molar-refractivity contribution in [3.63, 3.8) is 0 Å². The molecular weight excluding hydrogens is 232 g/mol. The Morgan fingerprint density at radius 3 is 2.78 bits per heavy atom. The van der Waals surface area contributed by atoms with Gasteiger partial charge in [0.2, 0.25) is 5.89 Å². The molecular formula is C12H22N4O2. The third-order valence-electron chi connectivity index (χ3n) is 3.41. The summed E-state index contributed by atoms with van der Waals surface area (Å²) >= 11 is 0. The molecule has 1 saturated heterocycles. The van der Waals surface area contributed by atoms with Gasteiger partial charge < -0.3 is 14.6 Å². The van der Waals surface area contributed by atoms with E-state index in [9.17, 15) is 0 Å². The fourth-order valence-electron chi connectivity index (χ4n) is 2.09. The van der Waals surface area contributed by atoms with Gasteiger partial charge in [0.25, 0.3) is 0 Å². The lowest BCUT2D eigenvalue weighted by Gasteiger charge is -2.30. The Morgan fingerprint density at radius 1 is 1.39 bits per heavy atom. The zero-order valence-electron chi connectivity index (χ0n) is 11.3. The van der Waals surface area contributed by atoms with E-state index in [4.69, 9.17) is 9.26 Å². The molecule has 0 radical (unpaired) electrons. The maximum atomic E-state index is 5.35. The van der Waals surface area contributed by atoms with Crippen molar-refractivity contribution in [3.8, 4) is 0 Å². The quantitative estimate of drug-likeness (QED) is 0.831. The Bertz CT molecular complexity index is 363. The standard InChI is InChI=1S/C12H22N4O2/c1-9(17-3)8-11-14-12(18-15-11)10(2)16-6-4-13-5-7-16/h9-10,13H,4-8H2,1-3H3. The summed E-state index contributed by atoms with van der Waals surface area (Å²) in [7, 11) is 1.69. The molecule has 6 nitrogen and oxygen atoms in total. The third kappa shape index (κ3) is 3.28. The van der Waals surface area contributed by atoms with Gasteiger partial charge in [0.1, 0.15) is 0 Å². The summed E-state index contributed by atoms with van der Waals surface area (Å²) in [4.78, 5) is 6.81. The molecule has 1 aromatic rings. The molecule has 2 rings (SSSR count). The van der Waals surface area contributed by atoms with Crippen LogP contribution in [0.5, 0.6) is 0 Å². The lowest BCUT2D eigenvalue weighted by atomic mass is 10.2. The number of methoxy groups -OCH3 is 1. The average molecular weight is 254 g/mol. The van der Waals surface area contributed by atoms with E-state index in [0.29, 0.717) is 12.3 Å². The molecule has 18 heavy (non-hydrogen) atoms. The molecule has 0 saturated carbocycles. The number of aromatic nitrogens is 2. The number of nitrogens with zero attached hydrogens (tertiary/aromatic N) is 3. The Kier molecular flexibility index (Phi) is 4.68. The number of piperazine rings is 1. The zero-order chi connectivity index (χ0) is 13.0. The smallest absolute Gasteiger partial charge is 0.243 e. The van der Waals surface area contributed by atoms with E-state index in [0.717, 1.165) is 32.0 Å². The maximum Gasteiger partial charge on any atom is 0.243 e. The minimum atomic E-state index is 0.116. The van der Waals surface area contributed by atoms with Crippen molar-refractivity contribution in [2.24, 2.45) is 0 Å². The van der Waals surface area contributed by atoms with Crippen LogP contribution in [-0.4, -0.2) is 54.4 Å². The predicted molar refractivity (Wildman–Crippen MR) is 67.3 cm³/mol. The molecule has 2 atom stereocenters. The van der Waals surface area contributed by atoms with Gasteiger partial charge in [-0.25, -0.2) is 0 Å². The first-order valence-electron chi connectivity index (χ1n) is 6.50. The van der Waals surface area contributed by atoms with Crippen LogP contribution in [0.1, 0.15) is 31.6 Å². The van der Waals surface area contributed by atoms with Crippen LogP contribution in [-0.2, 0) is 11.2 Å². The highest BCUT2D eigenvalue weighted by Crippen LogP contribution is 2.18. The van der Waals surface area contributed by atoms with E-state index in [1.54, 1.807) is 7.11 Å². The van der Waals surface area contributed by atoms with E-state index in [-0.39, 0.29) is 12.1 Å². The van der Waals surface area contributed by atoms with Gasteiger partial charge in [-0.1, -0.05) is 5.16 Å². The van der Waals surface area contributed by atoms with Crippen LogP contribution in [0.15, 0.2) is 4.52 Å². The van der Waals surface area contributed by atoms with E-state index >= 15 is 0 Å². The van der Waals surface area contributed by atoms with Crippen molar-refractivity contribution >= 4 is 0 Å². The van der Waals surface area contributed by atoms with Crippen LogP contribution in [0.25, 0.3) is 0 Å². The molecule has 6 heteroatoms. The zero-order valence-corrected chi connectivity index (χ0v) is 11.3. The number of hydrogen-bond donors (Lipinski definition) is 1. The molecule has 1 N–H and O–H groups in total. The summed E-state index contributed by atoms with van der Waals surface area (Å²) in [6, 6.07) is 0.186. The van der Waals surface area contributed by atoms with Crippen molar-refractivity contribution < 1.29 is 9.26 Å². The number of hydrogen-bond acceptors (Lipinski definition) is 6. The Morgan fingerprint density at radius 2 is 2.11 bits per heavy atom. The minimum absolute atomic E-state index is 0.116. The van der Waals surface area contributed by atoms with Gasteiger partial charge >= 0.3 is 0 Å². The Hall–Kier alpha value is -0.980. The van der Waals surface area contributed by atoms with Gasteiger partial charge in [-0.2, -0.15) is 4.98 Å². The molecule has 2 heterocycles. The van der Waals surface area contributed by atoms with E-state index in [2.05, 4.69) is 27.3 Å². The molecule has 1 aliphatic heterocycles. The first-order chi connectivity index (χ1) is 8.70. The molecule has 0 bridgehead atoms. The lowest BCUT2D eigenvalue weighted by Crippen LogP contribution is -2.44. The molecule has 1 fully saturated rings. The first kappa shape index (κ1) is 13.5. The maximum absolute atomic E-state index is 5.35. The predicted octanol–water partition coefficient (Wildman–Crippen LogP) is 0.613. The van der Waals surface area contributed by atoms with Gasteiger partial charge in [0.15, 0.2) is 5.82 Å². The molecule has 1 aromatic heterocycles. The lowest BCUT2D eigenvalue weighted by molar-refractivity contribution is 0.116. The third-order valence-corrected chi connectivity index (χ3v) is 3.41. The first-order valence-corrected chi connectivity index (χ1v) is 6.50. The van der Waals surface area contributed by atoms with Crippen LogP contribution in [0.4, 0.5) is 0 Å². The second-order valence-corrected chi connectivity index (χ2v) is 4.76. The van der Waals surface area contributed by atoms with Crippen LogP contribution < -0.4 is 5.32 Å². The highest BCUT2D eigenvalue weighted by atomic mass is 16.5. The van der Waals surface area contributed by atoms with Crippen LogP contribution in [0.2, 0.25) is 0 Å². The molecule has 0 spiro atoms. The van der Waals surface area contributed by atoms with Crippen molar-refractivity contribution in [1.82, 2.24) is 20.4 Å². The minimum Gasteiger partial charge on any atom is -0.381 e. The number of nitrogens with one attached hydrogen (secondary N) is 1. The van der Waals surface area contributed by atoms with Gasteiger partial charge in [0, 0.05) is 39.7 Å². The number of rotatable bonds is 5. The highest BCUT2D eigenvalue weighted by Gasteiger charge is 2.23. The van der Waals surface area contributed by atoms with Gasteiger partial charge in [0.05, 0.1) is 12.1 Å². The fraction of sp³-hybridized carbons (Fsp3) is 0.833. The summed E-state index contributed by atoms with van der Waals surface area (Å²) in [6.45, 7) is 8.19. The van der Waals surface area contributed by atoms with Crippen molar-refractivity contribution in [3.05, 3.63) is 11.7 Å². The van der Waals surface area contributed by atoms with Gasteiger partial charge in [-0.3, -0.25) is 4.90 Å². The molecule has 0 aromatic carbocycles. The number of ether oxygens (including phenoxy) is 1. The highest BCUT2D eigenvalue weighted by molar-refractivity contribution is 4.94. The largest absolute Gasteiger partial charge is 0.381 e. The van der Waals surface area contributed by atoms with Gasteiger partial charge in [-0.05, 0) is 13.8 Å². The van der Waals surface area contributed by atoms with Crippen molar-refractivity contribution in [2.45, 2.75) is 32.4 Å². The molecule has 0 aliphatic carbocycles. The second kappa shape index (κ2) is 6.26. The fourth-order valence-corrected chi connectivity index (χ4v) is 2.09. The molecule has 1 aliphatic rings. The van der Waals surface area contributed by atoms with Gasteiger partial charge in [-0.15, -0.1) is 0 Å². The van der Waals surface area contributed by atoms with Crippen LogP contribution in [0, 0.1) is 0 Å². The summed E-state index contributed by atoms with van der Waals surface area (Å²) in [5.74, 6) is 1.43. The van der Waals surface area contributed by atoms with E-state index in [1.807, 2.05) is 6.92 Å². The van der Waals surface area contributed by atoms with E-state index in [1.165, 1.54) is 0 Å². The normalized spacial score (nSPS) is 20.8. The summed E-state index contributed by atoms with van der Waals surface area (Å²) in [5, 5.41) is 7.35. The molecule has 0 amide bonds. The van der Waals surface area contributed by atoms with Crippen molar-refractivity contribution in [2.75, 3.05) is 33.3 Å². The molecule has 2 unspecified atom stereocenters. The Balaban J connectivity index is 1.95. The topological polar surface area (TPSA) is 63.4 Å². The summed E-state index contributed by atoms with van der Waals surface area (Å²) in [5.41, 5.74) is 0. The average Bonchev–Trinajstić information content (AvgIpc) is 2.87. The SMILES string of the molecule is COC(C)Cc1noc(C(C)N2CCNCC2)n1. The van der Waals surface area contributed by atoms with Crippen LogP contribution in [0.3, 0.4) is 0 Å². The summed E-state index contributed by atoms with van der Waals surface area (Å²) < 4.78 is 10.5. The molecule has 102 valence electrons. The monoisotopic (exact) mass is 254 g/mol. The second-order valence-electron chi connectivity index (χ2n) is 4.76. The van der Waals surface area contributed by atoms with Crippen LogP contribution >= 0.6 is 0 Å². The van der Waals surface area contributed by atoms with E-state index < -0.39 is 0 Å². The Labute approximate surface area is 108 Å².